The van der Waals surface area contributed by atoms with Gasteiger partial charge in [0.05, 0.1) is 0 Å². The van der Waals surface area contributed by atoms with E-state index >= 15 is 0 Å². The van der Waals surface area contributed by atoms with Gasteiger partial charge in [-0.15, -0.1) is 0 Å². The number of fused-ring (bicyclic) bond motifs is 1. The Hall–Kier alpha value is -1.12. The van der Waals surface area contributed by atoms with Crippen LogP contribution in [0.25, 0.3) is 21.9 Å². The molecular weight excluding hydrogens is 376 g/mol. The van der Waals surface area contributed by atoms with Crippen molar-refractivity contribution in [1.82, 2.24) is 0 Å². The topological polar surface area (TPSA) is 0 Å². The van der Waals surface area contributed by atoms with Crippen LogP contribution in [0.2, 0.25) is 0 Å². The van der Waals surface area contributed by atoms with E-state index in [4.69, 9.17) is 0 Å². The second-order valence-electron chi connectivity index (χ2n) is 5.14. The minimum absolute atomic E-state index is 1.13. The van der Waals surface area contributed by atoms with Gasteiger partial charge < -0.3 is 0 Å². The van der Waals surface area contributed by atoms with Crippen LogP contribution in [0.1, 0.15) is 11.1 Å². The molecule has 0 spiro atoms. The lowest BCUT2D eigenvalue weighted by Crippen LogP contribution is -1.86. The lowest BCUT2D eigenvalue weighted by Gasteiger charge is -2.11. The van der Waals surface area contributed by atoms with Gasteiger partial charge in [0.1, 0.15) is 0 Å². The van der Waals surface area contributed by atoms with Crippen molar-refractivity contribution in [3.8, 4) is 11.1 Å². The van der Waals surface area contributed by atoms with Crippen LogP contribution >= 0.6 is 31.9 Å². The standard InChI is InChI=1S/C18H14Br2/c1-11-8-12(2)10-13(9-11)14-6-7-15-16(18(14)20)4-3-5-17(15)19/h3-10H,1-2H3. The fourth-order valence-electron chi connectivity index (χ4n) is 2.64. The van der Waals surface area contributed by atoms with Crippen molar-refractivity contribution in [2.45, 2.75) is 13.8 Å². The molecular formula is C18H14Br2. The van der Waals surface area contributed by atoms with Crippen LogP contribution in [-0.2, 0) is 0 Å². The first-order chi connectivity index (χ1) is 9.56. The molecule has 100 valence electrons. The molecule has 0 saturated carbocycles. The Morgan fingerprint density at radius 2 is 1.45 bits per heavy atom. The summed E-state index contributed by atoms with van der Waals surface area (Å²) in [5.41, 5.74) is 5.08. The van der Waals surface area contributed by atoms with Crippen LogP contribution < -0.4 is 0 Å². The van der Waals surface area contributed by atoms with Crippen LogP contribution in [0.15, 0.2) is 57.5 Å². The van der Waals surface area contributed by atoms with Gasteiger partial charge in [0.2, 0.25) is 0 Å². The molecule has 0 nitrogen and oxygen atoms in total. The Kier molecular flexibility index (Phi) is 3.70. The SMILES string of the molecule is Cc1cc(C)cc(-c2ccc3c(Br)cccc3c2Br)c1. The van der Waals surface area contributed by atoms with E-state index in [0.717, 1.165) is 8.95 Å². The Morgan fingerprint density at radius 3 is 2.15 bits per heavy atom. The maximum Gasteiger partial charge on any atom is 0.0332 e. The van der Waals surface area contributed by atoms with E-state index in [1.807, 2.05) is 0 Å². The third-order valence-electron chi connectivity index (χ3n) is 3.48. The van der Waals surface area contributed by atoms with Crippen molar-refractivity contribution in [3.63, 3.8) is 0 Å². The summed E-state index contributed by atoms with van der Waals surface area (Å²) in [4.78, 5) is 0. The van der Waals surface area contributed by atoms with Crippen LogP contribution in [0.3, 0.4) is 0 Å². The molecule has 0 heterocycles. The van der Waals surface area contributed by atoms with E-state index in [2.05, 4.69) is 94.2 Å². The number of benzene rings is 3. The van der Waals surface area contributed by atoms with Crippen molar-refractivity contribution in [1.29, 1.82) is 0 Å². The van der Waals surface area contributed by atoms with Gasteiger partial charge in [-0.2, -0.15) is 0 Å². The van der Waals surface area contributed by atoms with Gasteiger partial charge in [-0.05, 0) is 57.7 Å². The van der Waals surface area contributed by atoms with Crippen LogP contribution in [0.5, 0.6) is 0 Å². The Labute approximate surface area is 136 Å². The molecule has 0 aliphatic rings. The van der Waals surface area contributed by atoms with E-state index in [0.29, 0.717) is 0 Å². The maximum absolute atomic E-state index is 3.78. The predicted octanol–water partition coefficient (Wildman–Crippen LogP) is 6.65. The Bertz CT molecular complexity index is 784. The number of hydrogen-bond acceptors (Lipinski definition) is 0. The van der Waals surface area contributed by atoms with Crippen molar-refractivity contribution in [2.24, 2.45) is 0 Å². The van der Waals surface area contributed by atoms with Crippen molar-refractivity contribution < 1.29 is 0 Å². The molecule has 0 fully saturated rings. The molecule has 20 heavy (non-hydrogen) atoms. The first-order valence-electron chi connectivity index (χ1n) is 6.51. The minimum Gasteiger partial charge on any atom is -0.0605 e. The third kappa shape index (κ3) is 2.43. The zero-order chi connectivity index (χ0) is 14.3. The quantitative estimate of drug-likeness (QED) is 0.437. The largest absolute Gasteiger partial charge is 0.0605 e. The zero-order valence-electron chi connectivity index (χ0n) is 11.4. The normalized spacial score (nSPS) is 11.0. The summed E-state index contributed by atoms with van der Waals surface area (Å²) in [6.45, 7) is 4.28. The maximum atomic E-state index is 3.78. The van der Waals surface area contributed by atoms with E-state index < -0.39 is 0 Å². The molecule has 3 aromatic carbocycles. The molecule has 0 saturated heterocycles. The summed E-state index contributed by atoms with van der Waals surface area (Å²) in [6, 6.07) is 17.3. The fraction of sp³-hybridized carbons (Fsp3) is 0.111. The summed E-state index contributed by atoms with van der Waals surface area (Å²) < 4.78 is 2.28. The number of aryl methyl sites for hydroxylation is 2. The highest BCUT2D eigenvalue weighted by Crippen LogP contribution is 2.37. The van der Waals surface area contributed by atoms with Gasteiger partial charge in [0.15, 0.2) is 0 Å². The highest BCUT2D eigenvalue weighted by atomic mass is 79.9. The van der Waals surface area contributed by atoms with Crippen LogP contribution in [0.4, 0.5) is 0 Å². The fourth-order valence-corrected chi connectivity index (χ4v) is 3.84. The van der Waals surface area contributed by atoms with Gasteiger partial charge in [-0.1, -0.05) is 69.5 Å². The predicted molar refractivity (Wildman–Crippen MR) is 94.3 cm³/mol. The molecule has 0 aromatic heterocycles. The molecule has 0 unspecified atom stereocenters. The average Bonchev–Trinajstić information content (AvgIpc) is 2.39. The molecule has 0 aliphatic heterocycles. The molecule has 0 aliphatic carbocycles. The van der Waals surface area contributed by atoms with E-state index in [1.165, 1.54) is 33.0 Å². The molecule has 2 heteroatoms. The number of halogens is 2. The summed E-state index contributed by atoms with van der Waals surface area (Å²) in [7, 11) is 0. The smallest absolute Gasteiger partial charge is 0.0332 e. The van der Waals surface area contributed by atoms with Crippen molar-refractivity contribution in [3.05, 3.63) is 68.6 Å². The second-order valence-corrected chi connectivity index (χ2v) is 6.79. The van der Waals surface area contributed by atoms with E-state index in [-0.39, 0.29) is 0 Å². The van der Waals surface area contributed by atoms with Crippen molar-refractivity contribution in [2.75, 3.05) is 0 Å². The lowest BCUT2D eigenvalue weighted by molar-refractivity contribution is 1.38. The summed E-state index contributed by atoms with van der Waals surface area (Å²) in [6.07, 6.45) is 0. The van der Waals surface area contributed by atoms with Crippen molar-refractivity contribution >= 4 is 42.6 Å². The lowest BCUT2D eigenvalue weighted by atomic mass is 9.98. The van der Waals surface area contributed by atoms with Gasteiger partial charge in [-0.25, -0.2) is 0 Å². The summed E-state index contributed by atoms with van der Waals surface area (Å²) in [5.74, 6) is 0. The molecule has 3 rings (SSSR count). The Morgan fingerprint density at radius 1 is 0.750 bits per heavy atom. The van der Waals surface area contributed by atoms with E-state index in [1.54, 1.807) is 0 Å². The van der Waals surface area contributed by atoms with Gasteiger partial charge in [-0.3, -0.25) is 0 Å². The highest BCUT2D eigenvalue weighted by molar-refractivity contribution is 9.11. The number of hydrogen-bond donors (Lipinski definition) is 0. The molecule has 0 N–H and O–H groups in total. The zero-order valence-corrected chi connectivity index (χ0v) is 14.5. The molecule has 0 amide bonds. The average molecular weight is 390 g/mol. The Balaban J connectivity index is 2.30. The molecule has 0 bridgehead atoms. The minimum atomic E-state index is 1.13. The second kappa shape index (κ2) is 5.34. The molecule has 3 aromatic rings. The van der Waals surface area contributed by atoms with Crippen LogP contribution in [-0.4, -0.2) is 0 Å². The van der Waals surface area contributed by atoms with Gasteiger partial charge in [0, 0.05) is 8.95 Å². The highest BCUT2D eigenvalue weighted by Gasteiger charge is 2.09. The first kappa shape index (κ1) is 13.8. The summed E-state index contributed by atoms with van der Waals surface area (Å²) >= 11 is 7.40. The first-order valence-corrected chi connectivity index (χ1v) is 8.10. The van der Waals surface area contributed by atoms with Crippen LogP contribution in [0, 0.1) is 13.8 Å². The van der Waals surface area contributed by atoms with Gasteiger partial charge in [0.25, 0.3) is 0 Å². The molecule has 0 atom stereocenters. The monoisotopic (exact) mass is 388 g/mol. The summed E-state index contributed by atoms with van der Waals surface area (Å²) in [5, 5.41) is 2.46. The number of rotatable bonds is 1. The van der Waals surface area contributed by atoms with Gasteiger partial charge >= 0.3 is 0 Å². The van der Waals surface area contributed by atoms with E-state index in [9.17, 15) is 0 Å². The third-order valence-corrected chi connectivity index (χ3v) is 5.02. The molecule has 0 radical (unpaired) electrons.